The van der Waals surface area contributed by atoms with Gasteiger partial charge in [-0.25, -0.2) is 8.42 Å². The van der Waals surface area contributed by atoms with Crippen LogP contribution in [0.3, 0.4) is 0 Å². The number of rotatable bonds is 7. The highest BCUT2D eigenvalue weighted by Gasteiger charge is 2.13. The van der Waals surface area contributed by atoms with Crippen molar-refractivity contribution in [2.45, 2.75) is 32.7 Å². The van der Waals surface area contributed by atoms with E-state index in [1.807, 2.05) is 13.1 Å². The topological polar surface area (TPSA) is 46.2 Å². The van der Waals surface area contributed by atoms with Crippen molar-refractivity contribution in [1.29, 1.82) is 0 Å². The molecule has 0 spiro atoms. The second-order valence-corrected chi connectivity index (χ2v) is 8.06. The smallest absolute Gasteiger partial charge is 0.150 e. The highest BCUT2D eigenvalue weighted by atomic mass is 79.9. The number of hydrogen-bond acceptors (Lipinski definition) is 3. The Hall–Kier alpha value is -0.390. The van der Waals surface area contributed by atoms with E-state index < -0.39 is 9.84 Å². The first-order valence-corrected chi connectivity index (χ1v) is 9.14. The molecule has 1 atom stereocenters. The largest absolute Gasteiger partial charge is 0.313 e. The average molecular weight is 348 g/mol. The van der Waals surface area contributed by atoms with E-state index in [4.69, 9.17) is 0 Å². The van der Waals surface area contributed by atoms with E-state index in [0.717, 1.165) is 10.9 Å². The van der Waals surface area contributed by atoms with Gasteiger partial charge in [-0.15, -0.1) is 0 Å². The lowest BCUT2D eigenvalue weighted by Crippen LogP contribution is -2.18. The average Bonchev–Trinajstić information content (AvgIpc) is 2.38. The molecular formula is C14H22BrNO2S. The fourth-order valence-electron chi connectivity index (χ4n) is 2.01. The van der Waals surface area contributed by atoms with Crippen LogP contribution in [0.2, 0.25) is 0 Å². The summed E-state index contributed by atoms with van der Waals surface area (Å²) < 4.78 is 24.1. The Labute approximate surface area is 124 Å². The molecule has 108 valence electrons. The third-order valence-electron chi connectivity index (χ3n) is 3.32. The van der Waals surface area contributed by atoms with Gasteiger partial charge in [-0.05, 0) is 44.0 Å². The summed E-state index contributed by atoms with van der Waals surface area (Å²) in [5.74, 6) is 0.506. The van der Waals surface area contributed by atoms with Crippen molar-refractivity contribution < 1.29 is 8.42 Å². The van der Waals surface area contributed by atoms with E-state index in [1.165, 1.54) is 11.1 Å². The number of nitrogens with one attached hydrogen (secondary N) is 1. The van der Waals surface area contributed by atoms with Gasteiger partial charge in [0.05, 0.1) is 5.75 Å². The Morgan fingerprint density at radius 1 is 1.37 bits per heavy atom. The van der Waals surface area contributed by atoms with Crippen molar-refractivity contribution in [2.24, 2.45) is 0 Å². The van der Waals surface area contributed by atoms with Crippen LogP contribution in [0.5, 0.6) is 0 Å². The summed E-state index contributed by atoms with van der Waals surface area (Å²) in [5, 5.41) is 3.26. The summed E-state index contributed by atoms with van der Waals surface area (Å²) in [4.78, 5) is 0. The van der Waals surface area contributed by atoms with Gasteiger partial charge in [0.25, 0.3) is 0 Å². The van der Waals surface area contributed by atoms with Crippen molar-refractivity contribution >= 4 is 25.8 Å². The van der Waals surface area contributed by atoms with Gasteiger partial charge in [0, 0.05) is 16.3 Å². The molecule has 0 heterocycles. The quantitative estimate of drug-likeness (QED) is 0.823. The molecule has 0 fully saturated rings. The van der Waals surface area contributed by atoms with E-state index in [9.17, 15) is 8.42 Å². The SMILES string of the molecule is CCS(=O)(=O)CCCC(NC)c1ccc(Br)c(C)c1. The molecule has 19 heavy (non-hydrogen) atoms. The molecule has 0 aliphatic heterocycles. The first-order valence-electron chi connectivity index (χ1n) is 6.53. The number of benzene rings is 1. The molecule has 0 amide bonds. The van der Waals surface area contributed by atoms with Crippen LogP contribution in [0.25, 0.3) is 0 Å². The highest BCUT2D eigenvalue weighted by molar-refractivity contribution is 9.10. The van der Waals surface area contributed by atoms with Crippen molar-refractivity contribution in [3.63, 3.8) is 0 Å². The second kappa shape index (κ2) is 7.41. The lowest BCUT2D eigenvalue weighted by atomic mass is 10.0. The van der Waals surface area contributed by atoms with Crippen LogP contribution in [0, 0.1) is 6.92 Å². The van der Waals surface area contributed by atoms with Crippen LogP contribution in [0.1, 0.15) is 36.9 Å². The van der Waals surface area contributed by atoms with Gasteiger partial charge in [-0.2, -0.15) is 0 Å². The Morgan fingerprint density at radius 2 is 2.05 bits per heavy atom. The normalized spacial score (nSPS) is 13.5. The van der Waals surface area contributed by atoms with Crippen molar-refractivity contribution in [3.05, 3.63) is 33.8 Å². The molecule has 0 aliphatic rings. The first-order chi connectivity index (χ1) is 8.89. The van der Waals surface area contributed by atoms with E-state index in [2.05, 4.69) is 40.3 Å². The predicted octanol–water partition coefficient (Wildman–Crippen LogP) is 3.23. The molecular weight excluding hydrogens is 326 g/mol. The van der Waals surface area contributed by atoms with E-state index in [1.54, 1.807) is 6.92 Å². The third-order valence-corrected chi connectivity index (χ3v) is 6.00. The molecule has 5 heteroatoms. The fourth-order valence-corrected chi connectivity index (χ4v) is 3.16. The molecule has 1 rings (SSSR count). The lowest BCUT2D eigenvalue weighted by Gasteiger charge is -2.17. The molecule has 0 saturated heterocycles. The number of halogens is 1. The fraction of sp³-hybridized carbons (Fsp3) is 0.571. The maximum Gasteiger partial charge on any atom is 0.150 e. The maximum absolute atomic E-state index is 11.5. The minimum atomic E-state index is -2.86. The Morgan fingerprint density at radius 3 is 2.58 bits per heavy atom. The van der Waals surface area contributed by atoms with Crippen molar-refractivity contribution in [2.75, 3.05) is 18.6 Å². The summed E-state index contributed by atoms with van der Waals surface area (Å²) in [6, 6.07) is 6.46. The molecule has 0 radical (unpaired) electrons. The third kappa shape index (κ3) is 5.24. The van der Waals surface area contributed by atoms with Crippen LogP contribution < -0.4 is 5.32 Å². The molecule has 0 aromatic heterocycles. The Kier molecular flexibility index (Phi) is 6.50. The number of aryl methyl sites for hydroxylation is 1. The van der Waals surface area contributed by atoms with Gasteiger partial charge >= 0.3 is 0 Å². The first kappa shape index (κ1) is 16.7. The molecule has 1 unspecified atom stereocenters. The van der Waals surface area contributed by atoms with Gasteiger partial charge in [-0.1, -0.05) is 35.0 Å². The number of hydrogen-bond donors (Lipinski definition) is 1. The zero-order chi connectivity index (χ0) is 14.5. The van der Waals surface area contributed by atoms with Crippen molar-refractivity contribution in [3.8, 4) is 0 Å². The summed E-state index contributed by atoms with van der Waals surface area (Å²) in [6.45, 7) is 3.75. The van der Waals surface area contributed by atoms with E-state index >= 15 is 0 Å². The van der Waals surface area contributed by atoms with Gasteiger partial charge in [-0.3, -0.25) is 0 Å². The monoisotopic (exact) mass is 347 g/mol. The van der Waals surface area contributed by atoms with Crippen molar-refractivity contribution in [1.82, 2.24) is 5.32 Å². The van der Waals surface area contributed by atoms with E-state index in [0.29, 0.717) is 6.42 Å². The maximum atomic E-state index is 11.5. The molecule has 1 aromatic rings. The molecule has 1 aromatic carbocycles. The minimum absolute atomic E-state index is 0.207. The summed E-state index contributed by atoms with van der Waals surface area (Å²) in [5.41, 5.74) is 2.40. The second-order valence-electron chi connectivity index (χ2n) is 4.73. The van der Waals surface area contributed by atoms with Crippen LogP contribution in [-0.4, -0.2) is 27.0 Å². The van der Waals surface area contributed by atoms with Crippen LogP contribution in [0.4, 0.5) is 0 Å². The zero-order valence-electron chi connectivity index (χ0n) is 11.7. The molecule has 0 saturated carbocycles. The number of sulfone groups is 1. The molecule has 1 N–H and O–H groups in total. The van der Waals surface area contributed by atoms with Gasteiger partial charge < -0.3 is 5.32 Å². The molecule has 0 aliphatic carbocycles. The van der Waals surface area contributed by atoms with Gasteiger partial charge in [0.1, 0.15) is 9.84 Å². The van der Waals surface area contributed by atoms with Gasteiger partial charge in [0.15, 0.2) is 0 Å². The standard InChI is InChI=1S/C14H22BrNO2S/c1-4-19(17,18)9-5-6-14(16-3)12-7-8-13(15)11(2)10-12/h7-8,10,14,16H,4-6,9H2,1-3H3. The minimum Gasteiger partial charge on any atom is -0.313 e. The van der Waals surface area contributed by atoms with Crippen LogP contribution >= 0.6 is 15.9 Å². The predicted molar refractivity (Wildman–Crippen MR) is 84.2 cm³/mol. The summed E-state index contributed by atoms with van der Waals surface area (Å²) in [6.07, 6.45) is 1.52. The van der Waals surface area contributed by atoms with Crippen LogP contribution in [0.15, 0.2) is 22.7 Å². The lowest BCUT2D eigenvalue weighted by molar-refractivity contribution is 0.535. The zero-order valence-corrected chi connectivity index (χ0v) is 14.1. The van der Waals surface area contributed by atoms with E-state index in [-0.39, 0.29) is 17.5 Å². The summed E-state index contributed by atoms with van der Waals surface area (Å²) >= 11 is 3.49. The Bertz CT molecular complexity index is 514. The molecule has 0 bridgehead atoms. The Balaban J connectivity index is 2.66. The summed E-state index contributed by atoms with van der Waals surface area (Å²) in [7, 11) is -0.943. The van der Waals surface area contributed by atoms with Crippen LogP contribution in [-0.2, 0) is 9.84 Å². The molecule has 3 nitrogen and oxygen atoms in total. The van der Waals surface area contributed by atoms with Gasteiger partial charge in [0.2, 0.25) is 0 Å². The highest BCUT2D eigenvalue weighted by Crippen LogP contribution is 2.24.